The summed E-state index contributed by atoms with van der Waals surface area (Å²) in [5, 5.41) is 14.6. The molecule has 0 fully saturated rings. The number of anilines is 3. The van der Waals surface area contributed by atoms with Gasteiger partial charge in [-0.25, -0.2) is 22.2 Å². The topological polar surface area (TPSA) is 115 Å². The van der Waals surface area contributed by atoms with Gasteiger partial charge in [-0.05, 0) is 37.3 Å². The molecule has 9 nitrogen and oxygen atoms in total. The summed E-state index contributed by atoms with van der Waals surface area (Å²) in [7, 11) is -4.23. The molecule has 0 saturated carbocycles. The maximum Gasteiger partial charge on any atom is 0.329 e. The Bertz CT molecular complexity index is 1300. The van der Waals surface area contributed by atoms with Gasteiger partial charge in [0.25, 0.3) is 10.0 Å². The number of aryl methyl sites for hydroxylation is 2. The van der Waals surface area contributed by atoms with Gasteiger partial charge < -0.3 is 9.73 Å². The molecule has 0 spiro atoms. The largest absolute Gasteiger partial charge is 0.408 e. The van der Waals surface area contributed by atoms with E-state index >= 15 is 0 Å². The first-order valence-corrected chi connectivity index (χ1v) is 10.3. The number of hydrogen-bond acceptors (Lipinski definition) is 7. The second-order valence-electron chi connectivity index (χ2n) is 6.42. The SMILES string of the molecule is Cc1cc(Nc2ccc(S(=O)(=O)Nc3nnc(C)o3)c(F)c2)n(-c2ccccc2)n1. The van der Waals surface area contributed by atoms with Gasteiger partial charge >= 0.3 is 6.01 Å². The van der Waals surface area contributed by atoms with Crippen LogP contribution in [0.15, 0.2) is 63.9 Å². The third kappa shape index (κ3) is 4.01. The predicted molar refractivity (Wildman–Crippen MR) is 108 cm³/mol. The Balaban J connectivity index is 1.60. The van der Waals surface area contributed by atoms with E-state index in [1.807, 2.05) is 37.3 Å². The number of hydrogen-bond donors (Lipinski definition) is 2. The monoisotopic (exact) mass is 428 g/mol. The Hall–Kier alpha value is -3.73. The van der Waals surface area contributed by atoms with Crippen molar-refractivity contribution in [2.24, 2.45) is 0 Å². The maximum atomic E-state index is 14.6. The summed E-state index contributed by atoms with van der Waals surface area (Å²) >= 11 is 0. The number of halogens is 1. The fraction of sp³-hybridized carbons (Fsp3) is 0.105. The lowest BCUT2D eigenvalue weighted by Crippen LogP contribution is -2.15. The van der Waals surface area contributed by atoms with Gasteiger partial charge in [0, 0.05) is 18.7 Å². The summed E-state index contributed by atoms with van der Waals surface area (Å²) in [5.74, 6) is -0.155. The summed E-state index contributed by atoms with van der Waals surface area (Å²) in [6, 6.07) is 14.6. The Morgan fingerprint density at radius 1 is 1.03 bits per heavy atom. The van der Waals surface area contributed by atoms with Crippen molar-refractivity contribution in [1.29, 1.82) is 0 Å². The van der Waals surface area contributed by atoms with E-state index in [9.17, 15) is 12.8 Å². The van der Waals surface area contributed by atoms with Crippen LogP contribution in [-0.4, -0.2) is 28.4 Å². The highest BCUT2D eigenvalue weighted by Crippen LogP contribution is 2.25. The molecule has 2 heterocycles. The average Bonchev–Trinajstić information content (AvgIpc) is 3.26. The van der Waals surface area contributed by atoms with E-state index in [2.05, 4.69) is 25.3 Å². The third-order valence-electron chi connectivity index (χ3n) is 4.07. The predicted octanol–water partition coefficient (Wildman–Crippen LogP) is 3.56. The van der Waals surface area contributed by atoms with Crippen LogP contribution < -0.4 is 10.0 Å². The molecule has 2 N–H and O–H groups in total. The molecular formula is C19H17FN6O3S. The van der Waals surface area contributed by atoms with Crippen LogP contribution in [0.3, 0.4) is 0 Å². The van der Waals surface area contributed by atoms with Crippen molar-refractivity contribution in [3.05, 3.63) is 72.0 Å². The van der Waals surface area contributed by atoms with Crippen LogP contribution in [0, 0.1) is 19.7 Å². The molecule has 154 valence electrons. The first-order valence-electron chi connectivity index (χ1n) is 8.83. The molecule has 0 atom stereocenters. The number of benzene rings is 2. The Labute approximate surface area is 171 Å². The van der Waals surface area contributed by atoms with Gasteiger partial charge in [-0.15, -0.1) is 5.10 Å². The molecule has 30 heavy (non-hydrogen) atoms. The molecule has 0 saturated heterocycles. The zero-order valence-corrected chi connectivity index (χ0v) is 16.8. The van der Waals surface area contributed by atoms with Gasteiger partial charge in [0.1, 0.15) is 16.5 Å². The second kappa shape index (κ2) is 7.59. The van der Waals surface area contributed by atoms with Crippen molar-refractivity contribution in [2.75, 3.05) is 10.0 Å². The average molecular weight is 428 g/mol. The van der Waals surface area contributed by atoms with Crippen molar-refractivity contribution < 1.29 is 17.2 Å². The van der Waals surface area contributed by atoms with Crippen LogP contribution in [0.5, 0.6) is 0 Å². The van der Waals surface area contributed by atoms with Crippen molar-refractivity contribution in [3.63, 3.8) is 0 Å². The molecule has 0 bridgehead atoms. The van der Waals surface area contributed by atoms with Gasteiger partial charge in [0.2, 0.25) is 5.89 Å². The summed E-state index contributed by atoms with van der Waals surface area (Å²) in [5.41, 5.74) is 1.95. The van der Waals surface area contributed by atoms with E-state index in [1.165, 1.54) is 13.0 Å². The van der Waals surface area contributed by atoms with Crippen LogP contribution in [0.2, 0.25) is 0 Å². The highest BCUT2D eigenvalue weighted by atomic mass is 32.2. The van der Waals surface area contributed by atoms with Crippen LogP contribution in [-0.2, 0) is 10.0 Å². The number of nitrogens with one attached hydrogen (secondary N) is 2. The molecule has 0 radical (unpaired) electrons. The van der Waals surface area contributed by atoms with E-state index in [1.54, 1.807) is 10.7 Å². The van der Waals surface area contributed by atoms with Gasteiger partial charge in [0.15, 0.2) is 0 Å². The third-order valence-corrected chi connectivity index (χ3v) is 5.43. The van der Waals surface area contributed by atoms with Crippen LogP contribution in [0.1, 0.15) is 11.6 Å². The lowest BCUT2D eigenvalue weighted by Gasteiger charge is -2.11. The van der Waals surface area contributed by atoms with E-state index in [-0.39, 0.29) is 11.9 Å². The van der Waals surface area contributed by atoms with Crippen LogP contribution >= 0.6 is 0 Å². The standard InChI is InChI=1S/C19H17FN6O3S/c1-12-10-18(26(24-12)15-6-4-3-5-7-15)21-14-8-9-17(16(20)11-14)30(27,28)25-19-23-22-13(2)29-19/h3-11,21H,1-2H3,(H,23,25). The van der Waals surface area contributed by atoms with E-state index in [4.69, 9.17) is 4.42 Å². The zero-order valence-electron chi connectivity index (χ0n) is 16.0. The van der Waals surface area contributed by atoms with Crippen LogP contribution in [0.25, 0.3) is 5.69 Å². The second-order valence-corrected chi connectivity index (χ2v) is 8.07. The molecule has 0 amide bonds. The molecular weight excluding hydrogens is 411 g/mol. The lowest BCUT2D eigenvalue weighted by atomic mass is 10.3. The lowest BCUT2D eigenvalue weighted by molar-refractivity contribution is 0.533. The fourth-order valence-corrected chi connectivity index (χ4v) is 3.79. The Morgan fingerprint density at radius 3 is 2.47 bits per heavy atom. The number of sulfonamides is 1. The van der Waals surface area contributed by atoms with Gasteiger partial charge in [-0.2, -0.15) is 5.10 Å². The number of para-hydroxylation sites is 1. The first kappa shape index (κ1) is 19.6. The highest BCUT2D eigenvalue weighted by Gasteiger charge is 2.22. The molecule has 0 unspecified atom stereocenters. The van der Waals surface area contributed by atoms with Gasteiger partial charge in [-0.1, -0.05) is 23.3 Å². The molecule has 0 aliphatic rings. The van der Waals surface area contributed by atoms with Crippen molar-refractivity contribution >= 4 is 27.5 Å². The van der Waals surface area contributed by atoms with E-state index in [0.717, 1.165) is 23.5 Å². The fourth-order valence-electron chi connectivity index (χ4n) is 2.81. The maximum absolute atomic E-state index is 14.6. The highest BCUT2D eigenvalue weighted by molar-refractivity contribution is 7.92. The summed E-state index contributed by atoms with van der Waals surface area (Å²) < 4.78 is 48.2. The zero-order chi connectivity index (χ0) is 21.3. The molecule has 0 aliphatic heterocycles. The van der Waals surface area contributed by atoms with Gasteiger partial charge in [-0.3, -0.25) is 0 Å². The summed E-state index contributed by atoms with van der Waals surface area (Å²) in [6.07, 6.45) is 0. The van der Waals surface area contributed by atoms with Crippen molar-refractivity contribution in [1.82, 2.24) is 20.0 Å². The summed E-state index contributed by atoms with van der Waals surface area (Å²) in [6.45, 7) is 3.35. The molecule has 2 aromatic carbocycles. The van der Waals surface area contributed by atoms with Crippen LogP contribution in [0.4, 0.5) is 21.9 Å². The number of nitrogens with zero attached hydrogens (tertiary/aromatic N) is 4. The van der Waals surface area contributed by atoms with Crippen molar-refractivity contribution in [2.45, 2.75) is 18.7 Å². The van der Waals surface area contributed by atoms with E-state index in [0.29, 0.717) is 11.5 Å². The quantitative estimate of drug-likeness (QED) is 0.482. The Morgan fingerprint density at radius 2 is 1.80 bits per heavy atom. The summed E-state index contributed by atoms with van der Waals surface area (Å²) in [4.78, 5) is -0.545. The smallest absolute Gasteiger partial charge is 0.329 e. The molecule has 2 aromatic heterocycles. The molecule has 4 aromatic rings. The minimum Gasteiger partial charge on any atom is -0.408 e. The minimum absolute atomic E-state index is 0.179. The minimum atomic E-state index is -4.23. The molecule has 4 rings (SSSR count). The van der Waals surface area contributed by atoms with Gasteiger partial charge in [0.05, 0.1) is 11.4 Å². The normalized spacial score (nSPS) is 11.4. The molecule has 11 heteroatoms. The first-order chi connectivity index (χ1) is 14.3. The van der Waals surface area contributed by atoms with E-state index < -0.39 is 20.7 Å². The number of aromatic nitrogens is 4. The van der Waals surface area contributed by atoms with Crippen molar-refractivity contribution in [3.8, 4) is 5.69 Å². The number of rotatable bonds is 6. The molecule has 0 aliphatic carbocycles. The Kier molecular flexibility index (Phi) is 4.96.